The fourth-order valence-corrected chi connectivity index (χ4v) is 1.74. The zero-order valence-corrected chi connectivity index (χ0v) is 12.6. The monoisotopic (exact) mass is 309 g/mol. The minimum atomic E-state index is -0.620. The maximum Gasteiger partial charge on any atom is 0.251 e. The SMILES string of the molecule is CC(C)CC(=O)Nc1cc(C(=O)NCCC(N)=O)ccc1F. The van der Waals surface area contributed by atoms with Gasteiger partial charge in [0.15, 0.2) is 0 Å². The lowest BCUT2D eigenvalue weighted by atomic mass is 10.1. The van der Waals surface area contributed by atoms with Crippen LogP contribution >= 0.6 is 0 Å². The third-order valence-electron chi connectivity index (χ3n) is 2.75. The summed E-state index contributed by atoms with van der Waals surface area (Å²) in [6.45, 7) is 3.84. The van der Waals surface area contributed by atoms with E-state index in [0.29, 0.717) is 0 Å². The van der Waals surface area contributed by atoms with E-state index in [2.05, 4.69) is 10.6 Å². The highest BCUT2D eigenvalue weighted by atomic mass is 19.1. The minimum Gasteiger partial charge on any atom is -0.370 e. The Morgan fingerprint density at radius 2 is 1.95 bits per heavy atom. The van der Waals surface area contributed by atoms with Crippen LogP contribution in [0.1, 0.15) is 37.0 Å². The molecule has 0 saturated heterocycles. The van der Waals surface area contributed by atoms with Crippen LogP contribution in [0.5, 0.6) is 0 Å². The Labute approximate surface area is 128 Å². The molecule has 0 radical (unpaired) electrons. The van der Waals surface area contributed by atoms with Crippen molar-refractivity contribution in [1.29, 1.82) is 0 Å². The van der Waals surface area contributed by atoms with E-state index in [4.69, 9.17) is 5.73 Å². The van der Waals surface area contributed by atoms with E-state index in [9.17, 15) is 18.8 Å². The molecule has 4 N–H and O–H groups in total. The Bertz CT molecular complexity index is 573. The quantitative estimate of drug-likeness (QED) is 0.710. The molecule has 0 unspecified atom stereocenters. The molecule has 0 heterocycles. The molecule has 0 spiro atoms. The van der Waals surface area contributed by atoms with Gasteiger partial charge in [0.1, 0.15) is 5.82 Å². The van der Waals surface area contributed by atoms with Crippen LogP contribution in [0.25, 0.3) is 0 Å². The Hall–Kier alpha value is -2.44. The van der Waals surface area contributed by atoms with Crippen molar-refractivity contribution in [3.8, 4) is 0 Å². The first-order valence-electron chi connectivity index (χ1n) is 6.95. The van der Waals surface area contributed by atoms with Crippen LogP contribution in [-0.2, 0) is 9.59 Å². The van der Waals surface area contributed by atoms with E-state index in [-0.39, 0.29) is 42.5 Å². The number of hydrogen-bond acceptors (Lipinski definition) is 3. The highest BCUT2D eigenvalue weighted by Crippen LogP contribution is 2.17. The first kappa shape index (κ1) is 17.6. The van der Waals surface area contributed by atoms with Crippen LogP contribution in [0.4, 0.5) is 10.1 Å². The Morgan fingerprint density at radius 3 is 2.55 bits per heavy atom. The molecule has 3 amide bonds. The molecule has 0 fully saturated rings. The van der Waals surface area contributed by atoms with Crippen LogP contribution in [-0.4, -0.2) is 24.3 Å². The van der Waals surface area contributed by atoms with Gasteiger partial charge in [-0.1, -0.05) is 13.8 Å². The van der Waals surface area contributed by atoms with Crippen molar-refractivity contribution in [3.63, 3.8) is 0 Å². The Morgan fingerprint density at radius 1 is 1.27 bits per heavy atom. The largest absolute Gasteiger partial charge is 0.370 e. The molecule has 7 heteroatoms. The molecule has 0 aromatic heterocycles. The number of hydrogen-bond donors (Lipinski definition) is 3. The number of halogens is 1. The summed E-state index contributed by atoms with van der Waals surface area (Å²) in [5, 5.41) is 4.93. The number of primary amides is 1. The van der Waals surface area contributed by atoms with Crippen LogP contribution in [0.3, 0.4) is 0 Å². The first-order valence-corrected chi connectivity index (χ1v) is 6.95. The van der Waals surface area contributed by atoms with Crippen molar-refractivity contribution in [3.05, 3.63) is 29.6 Å². The molecule has 6 nitrogen and oxygen atoms in total. The zero-order valence-electron chi connectivity index (χ0n) is 12.6. The van der Waals surface area contributed by atoms with Crippen LogP contribution < -0.4 is 16.4 Å². The first-order chi connectivity index (χ1) is 10.3. The van der Waals surface area contributed by atoms with Crippen molar-refractivity contribution < 1.29 is 18.8 Å². The summed E-state index contributed by atoms with van der Waals surface area (Å²) in [6.07, 6.45) is 0.277. The fourth-order valence-electron chi connectivity index (χ4n) is 1.74. The average molecular weight is 309 g/mol. The third kappa shape index (κ3) is 5.90. The number of anilines is 1. The van der Waals surface area contributed by atoms with Gasteiger partial charge in [-0.25, -0.2) is 4.39 Å². The number of nitrogens with two attached hydrogens (primary N) is 1. The van der Waals surface area contributed by atoms with E-state index in [1.54, 1.807) is 0 Å². The number of rotatable bonds is 7. The summed E-state index contributed by atoms with van der Waals surface area (Å²) in [5.41, 5.74) is 5.11. The number of benzene rings is 1. The van der Waals surface area contributed by atoms with Gasteiger partial charge in [0.05, 0.1) is 5.69 Å². The summed E-state index contributed by atoms with van der Waals surface area (Å²) in [6, 6.07) is 3.66. The summed E-state index contributed by atoms with van der Waals surface area (Å²) < 4.78 is 13.7. The van der Waals surface area contributed by atoms with Crippen molar-refractivity contribution in [2.75, 3.05) is 11.9 Å². The molecule has 0 saturated carbocycles. The molecule has 22 heavy (non-hydrogen) atoms. The molecule has 0 bridgehead atoms. The molecule has 120 valence electrons. The Balaban J connectivity index is 2.74. The highest BCUT2D eigenvalue weighted by molar-refractivity contribution is 5.97. The van der Waals surface area contributed by atoms with E-state index < -0.39 is 17.6 Å². The van der Waals surface area contributed by atoms with Gasteiger partial charge in [0.2, 0.25) is 11.8 Å². The molecule has 0 aliphatic carbocycles. The lowest BCUT2D eigenvalue weighted by molar-refractivity contribution is -0.118. The second-order valence-electron chi connectivity index (χ2n) is 5.31. The summed E-state index contributed by atoms with van der Waals surface area (Å²) in [7, 11) is 0. The van der Waals surface area contributed by atoms with E-state index in [1.807, 2.05) is 13.8 Å². The molecule has 1 rings (SSSR count). The van der Waals surface area contributed by atoms with Crippen molar-refractivity contribution in [2.45, 2.75) is 26.7 Å². The number of amides is 3. The Kier molecular flexibility index (Phi) is 6.49. The summed E-state index contributed by atoms with van der Waals surface area (Å²) >= 11 is 0. The van der Waals surface area contributed by atoms with Gasteiger partial charge >= 0.3 is 0 Å². The summed E-state index contributed by atoms with van der Waals surface area (Å²) in [5.74, 6) is -1.80. The third-order valence-corrected chi connectivity index (χ3v) is 2.75. The van der Waals surface area contributed by atoms with Gasteiger partial charge in [0, 0.05) is 24.9 Å². The lowest BCUT2D eigenvalue weighted by Crippen LogP contribution is -2.28. The predicted octanol–water partition coefficient (Wildman–Crippen LogP) is 1.42. The van der Waals surface area contributed by atoms with E-state index in [0.717, 1.165) is 6.07 Å². The second kappa shape index (κ2) is 8.11. The van der Waals surface area contributed by atoms with E-state index in [1.165, 1.54) is 12.1 Å². The van der Waals surface area contributed by atoms with Crippen molar-refractivity contribution >= 4 is 23.4 Å². The van der Waals surface area contributed by atoms with Gasteiger partial charge < -0.3 is 16.4 Å². The van der Waals surface area contributed by atoms with Crippen LogP contribution in [0.15, 0.2) is 18.2 Å². The van der Waals surface area contributed by atoms with Gasteiger partial charge in [-0.2, -0.15) is 0 Å². The highest BCUT2D eigenvalue weighted by Gasteiger charge is 2.12. The van der Waals surface area contributed by atoms with Crippen molar-refractivity contribution in [2.24, 2.45) is 11.7 Å². The lowest BCUT2D eigenvalue weighted by Gasteiger charge is -2.10. The molecular formula is C15H20FN3O3. The van der Waals surface area contributed by atoms with Gasteiger partial charge in [0.25, 0.3) is 5.91 Å². The maximum absolute atomic E-state index is 13.7. The predicted molar refractivity (Wildman–Crippen MR) is 80.6 cm³/mol. The summed E-state index contributed by atoms with van der Waals surface area (Å²) in [4.78, 5) is 34.1. The van der Waals surface area contributed by atoms with Gasteiger partial charge in [-0.15, -0.1) is 0 Å². The van der Waals surface area contributed by atoms with Crippen LogP contribution in [0.2, 0.25) is 0 Å². The molecule has 1 aromatic carbocycles. The normalized spacial score (nSPS) is 10.4. The van der Waals surface area contributed by atoms with Crippen LogP contribution in [0, 0.1) is 11.7 Å². The molecule has 0 atom stereocenters. The zero-order chi connectivity index (χ0) is 16.7. The van der Waals surface area contributed by atoms with Gasteiger partial charge in [-0.05, 0) is 24.1 Å². The molecule has 0 aliphatic rings. The topological polar surface area (TPSA) is 101 Å². The molecule has 0 aliphatic heterocycles. The molecule has 1 aromatic rings. The molecular weight excluding hydrogens is 289 g/mol. The number of carbonyl (C=O) groups is 3. The van der Waals surface area contributed by atoms with E-state index >= 15 is 0 Å². The maximum atomic E-state index is 13.7. The smallest absolute Gasteiger partial charge is 0.251 e. The number of nitrogens with one attached hydrogen (secondary N) is 2. The van der Waals surface area contributed by atoms with Crippen molar-refractivity contribution in [1.82, 2.24) is 5.32 Å². The van der Waals surface area contributed by atoms with Gasteiger partial charge in [-0.3, -0.25) is 14.4 Å². The standard InChI is InChI=1S/C15H20FN3O3/c1-9(2)7-14(21)19-12-8-10(3-4-11(12)16)15(22)18-6-5-13(17)20/h3-4,8-9H,5-7H2,1-2H3,(H2,17,20)(H,18,22)(H,19,21). The average Bonchev–Trinajstić information content (AvgIpc) is 2.39. The fraction of sp³-hybridized carbons (Fsp3) is 0.400. The number of carbonyl (C=O) groups excluding carboxylic acids is 3. The second-order valence-corrected chi connectivity index (χ2v) is 5.31. The minimum absolute atomic E-state index is 0.0188.